The van der Waals surface area contributed by atoms with Crippen molar-refractivity contribution in [3.05, 3.63) is 117 Å². The fourth-order valence-corrected chi connectivity index (χ4v) is 6.00. The quantitative estimate of drug-likeness (QED) is 0.190. The molecule has 2 atom stereocenters. The minimum absolute atomic E-state index is 0.241. The molecule has 1 aliphatic heterocycles. The van der Waals surface area contributed by atoms with Gasteiger partial charge in [0.05, 0.1) is 32.3 Å². The van der Waals surface area contributed by atoms with E-state index in [1.807, 2.05) is 66.9 Å². The van der Waals surface area contributed by atoms with Crippen LogP contribution in [-0.2, 0) is 24.2 Å². The molecule has 0 saturated heterocycles. The highest BCUT2D eigenvalue weighted by Crippen LogP contribution is 2.19. The number of methoxy groups -OCH3 is 1. The summed E-state index contributed by atoms with van der Waals surface area (Å²) in [6.45, 7) is 3.96. The number of carbonyl (C=O) groups is 2. The Morgan fingerprint density at radius 1 is 1.07 bits per heavy atom. The molecule has 3 N–H and O–H groups in total. The van der Waals surface area contributed by atoms with Gasteiger partial charge in [-0.25, -0.2) is 9.98 Å². The van der Waals surface area contributed by atoms with Crippen LogP contribution in [0, 0.1) is 6.92 Å². The van der Waals surface area contributed by atoms with Crippen LogP contribution in [0.4, 0.5) is 0 Å². The molecule has 0 unspecified atom stereocenters. The Labute approximate surface area is 273 Å². The molecule has 46 heavy (non-hydrogen) atoms. The number of aromatic nitrogens is 1. The number of nitrogens with one attached hydrogen (secondary N) is 2. The summed E-state index contributed by atoms with van der Waals surface area (Å²) in [5.74, 6) is 0.475. The number of benzene rings is 3. The highest BCUT2D eigenvalue weighted by Gasteiger charge is 2.25. The van der Waals surface area contributed by atoms with E-state index in [0.29, 0.717) is 49.7 Å². The molecule has 0 fully saturated rings. The van der Waals surface area contributed by atoms with Gasteiger partial charge in [-0.1, -0.05) is 42.5 Å². The lowest BCUT2D eigenvalue weighted by Gasteiger charge is -2.25. The molecule has 10 nitrogen and oxygen atoms in total. The van der Waals surface area contributed by atoms with Crippen LogP contribution in [0.25, 0.3) is 0 Å². The predicted molar refractivity (Wildman–Crippen MR) is 179 cm³/mol. The van der Waals surface area contributed by atoms with Crippen LogP contribution in [0.3, 0.4) is 0 Å². The van der Waals surface area contributed by atoms with Crippen LogP contribution in [0.15, 0.2) is 83.2 Å². The van der Waals surface area contributed by atoms with Crippen molar-refractivity contribution in [2.75, 3.05) is 33.9 Å². The Morgan fingerprint density at radius 2 is 1.85 bits per heavy atom. The number of aliphatic imine (C=N–C) groups is 1. The van der Waals surface area contributed by atoms with Crippen molar-refractivity contribution in [2.45, 2.75) is 38.6 Å². The number of hydrogen-bond acceptors (Lipinski definition) is 9. The van der Waals surface area contributed by atoms with E-state index in [2.05, 4.69) is 20.6 Å². The number of aliphatic hydroxyl groups excluding tert-OH is 1. The lowest BCUT2D eigenvalue weighted by molar-refractivity contribution is 0.0784. The number of aliphatic hydroxyl groups is 1. The van der Waals surface area contributed by atoms with E-state index in [1.165, 1.54) is 11.3 Å². The van der Waals surface area contributed by atoms with Crippen molar-refractivity contribution < 1.29 is 24.2 Å². The molecule has 1 aliphatic rings. The number of nitrogens with zero attached hydrogens (tertiary/aromatic N) is 3. The van der Waals surface area contributed by atoms with Crippen LogP contribution >= 0.6 is 11.3 Å². The van der Waals surface area contributed by atoms with Crippen molar-refractivity contribution in [1.29, 1.82) is 0 Å². The topological polar surface area (TPSA) is 125 Å². The van der Waals surface area contributed by atoms with Crippen LogP contribution in [0.5, 0.6) is 5.75 Å². The summed E-state index contributed by atoms with van der Waals surface area (Å²) < 4.78 is 11.0. The Hall–Kier alpha value is -4.58. The molecular weight excluding hydrogens is 602 g/mol. The maximum absolute atomic E-state index is 13.9. The largest absolute Gasteiger partial charge is 0.497 e. The molecule has 0 aliphatic carbocycles. The molecule has 11 heteroatoms. The minimum Gasteiger partial charge on any atom is -0.497 e. The summed E-state index contributed by atoms with van der Waals surface area (Å²) in [5.41, 5.74) is 4.03. The number of thiazole rings is 1. The zero-order chi connectivity index (χ0) is 32.5. The molecule has 1 aromatic heterocycles. The van der Waals surface area contributed by atoms with E-state index >= 15 is 0 Å². The number of rotatable bonds is 14. The fourth-order valence-electron chi connectivity index (χ4n) is 5.18. The third-order valence-electron chi connectivity index (χ3n) is 7.56. The summed E-state index contributed by atoms with van der Waals surface area (Å²) in [6, 6.07) is 21.7. The average molecular weight is 642 g/mol. The first kappa shape index (κ1) is 32.8. The van der Waals surface area contributed by atoms with Crippen molar-refractivity contribution in [3.8, 4) is 5.75 Å². The zero-order valence-electron chi connectivity index (χ0n) is 26.2. The van der Waals surface area contributed by atoms with Gasteiger partial charge in [0.2, 0.25) is 5.90 Å². The van der Waals surface area contributed by atoms with Crippen molar-refractivity contribution in [1.82, 2.24) is 20.5 Å². The summed E-state index contributed by atoms with van der Waals surface area (Å²) in [6.07, 6.45) is -0.499. The van der Waals surface area contributed by atoms with Gasteiger partial charge in [-0.15, -0.1) is 11.3 Å². The van der Waals surface area contributed by atoms with Crippen LogP contribution in [0.1, 0.15) is 48.1 Å². The number of carbonyl (C=O) groups excluding carboxylic acids is 2. The molecule has 0 bridgehead atoms. The van der Waals surface area contributed by atoms with Gasteiger partial charge >= 0.3 is 0 Å². The van der Waals surface area contributed by atoms with Gasteiger partial charge in [0.15, 0.2) is 0 Å². The highest BCUT2D eigenvalue weighted by atomic mass is 32.1. The average Bonchev–Trinajstić information content (AvgIpc) is 3.76. The van der Waals surface area contributed by atoms with Gasteiger partial charge in [0.25, 0.3) is 11.8 Å². The molecule has 5 rings (SSSR count). The van der Waals surface area contributed by atoms with E-state index < -0.39 is 18.1 Å². The first-order valence-corrected chi connectivity index (χ1v) is 16.0. The molecule has 0 radical (unpaired) electrons. The number of ether oxygens (including phenoxy) is 2. The van der Waals surface area contributed by atoms with E-state index in [1.54, 1.807) is 37.3 Å². The van der Waals surface area contributed by atoms with Gasteiger partial charge < -0.3 is 30.1 Å². The third kappa shape index (κ3) is 8.78. The molecule has 0 saturated carbocycles. The van der Waals surface area contributed by atoms with Gasteiger partial charge in [-0.05, 0) is 54.8 Å². The Morgan fingerprint density at radius 3 is 2.57 bits per heavy atom. The third-order valence-corrected chi connectivity index (χ3v) is 8.51. The summed E-state index contributed by atoms with van der Waals surface area (Å²) in [4.78, 5) is 37.9. The van der Waals surface area contributed by atoms with Crippen molar-refractivity contribution in [2.24, 2.45) is 4.99 Å². The Kier molecular flexibility index (Phi) is 11.1. The normalized spacial score (nSPS) is 13.8. The predicted octanol–water partition coefficient (Wildman–Crippen LogP) is 4.00. The molecule has 240 valence electrons. The molecule has 3 aromatic carbocycles. The van der Waals surface area contributed by atoms with Crippen molar-refractivity contribution >= 4 is 29.0 Å². The summed E-state index contributed by atoms with van der Waals surface area (Å²) >= 11 is 1.50. The second-order valence-electron chi connectivity index (χ2n) is 11.2. The highest BCUT2D eigenvalue weighted by molar-refractivity contribution is 7.09. The summed E-state index contributed by atoms with van der Waals surface area (Å²) in [7, 11) is 3.33. The number of amides is 2. The van der Waals surface area contributed by atoms with Crippen LogP contribution < -0.4 is 15.4 Å². The van der Waals surface area contributed by atoms with Crippen molar-refractivity contribution in [3.63, 3.8) is 0 Å². The minimum atomic E-state index is -0.908. The Bertz CT molecular complexity index is 1670. The molecule has 4 aromatic rings. The van der Waals surface area contributed by atoms with Gasteiger partial charge in [0.1, 0.15) is 17.4 Å². The smallest absolute Gasteiger partial charge is 0.254 e. The lowest BCUT2D eigenvalue weighted by atomic mass is 9.99. The number of aryl methyl sites for hydroxylation is 1. The first-order valence-electron chi connectivity index (χ1n) is 15.1. The van der Waals surface area contributed by atoms with E-state index in [0.717, 1.165) is 27.6 Å². The monoisotopic (exact) mass is 641 g/mol. The zero-order valence-corrected chi connectivity index (χ0v) is 27.0. The van der Waals surface area contributed by atoms with E-state index in [-0.39, 0.29) is 18.0 Å². The van der Waals surface area contributed by atoms with Gasteiger partial charge in [-0.2, -0.15) is 0 Å². The molecule has 2 amide bonds. The SMILES string of the molecule is COc1cccc(CNC[C@@H](O)[C@H](Cc2ccccc2)NC(=O)c2cc(C(=O)N(C)Cc3nc(C)cs3)cc(C3=NCCO3)c2)c1. The molecule has 2 heterocycles. The first-order chi connectivity index (χ1) is 22.3. The van der Waals surface area contributed by atoms with Gasteiger partial charge in [-0.3, -0.25) is 9.59 Å². The van der Waals surface area contributed by atoms with Gasteiger partial charge in [0, 0.05) is 47.9 Å². The lowest BCUT2D eigenvalue weighted by Crippen LogP contribution is -2.48. The molecular formula is C35H39N5O5S. The second-order valence-corrected chi connectivity index (χ2v) is 12.1. The maximum Gasteiger partial charge on any atom is 0.254 e. The van der Waals surface area contributed by atoms with E-state index in [4.69, 9.17) is 9.47 Å². The maximum atomic E-state index is 13.9. The van der Waals surface area contributed by atoms with Crippen LogP contribution in [-0.4, -0.2) is 78.7 Å². The second kappa shape index (κ2) is 15.6. The Balaban J connectivity index is 1.35. The summed E-state index contributed by atoms with van der Waals surface area (Å²) in [5, 5.41) is 20.4. The standard InChI is InChI=1S/C35H39N5O5S/c1-23-22-46-32(38-23)21-40(2)35(43)28-17-26(16-27(18-28)34-37-12-13-45-34)33(42)39-30(15-24-8-5-4-6-9-24)31(41)20-36-19-25-10-7-11-29(14-25)44-3/h4-11,14,16-18,22,30-31,36,41H,12-13,15,19-21H2,1-3H3,(H,39,42)/t30-,31+/m0/s1. The fraction of sp³-hybridized carbons (Fsp3) is 0.314. The van der Waals surface area contributed by atoms with Crippen LogP contribution in [0.2, 0.25) is 0 Å². The van der Waals surface area contributed by atoms with E-state index in [9.17, 15) is 14.7 Å². The number of hydrogen-bond donors (Lipinski definition) is 3. The molecule has 0 spiro atoms.